The minimum atomic E-state index is -5.61. The molecule has 5 atom stereocenters. The minimum absolute atomic E-state index is 0.0578. The van der Waals surface area contributed by atoms with E-state index in [2.05, 4.69) is 10.6 Å². The zero-order valence-electron chi connectivity index (χ0n) is 57.3. The van der Waals surface area contributed by atoms with Gasteiger partial charge in [-0.2, -0.15) is 8.78 Å². The second kappa shape index (κ2) is 32.6. The number of likely N-dealkylation sites (N-methyl/N-ethyl adjacent to an activating group) is 1. The number of fused-ring (bicyclic) bond motifs is 1. The number of carbonyl (C=O) groups excluding carboxylic acids is 8. The van der Waals surface area contributed by atoms with Crippen molar-refractivity contribution < 1.29 is 84.4 Å². The van der Waals surface area contributed by atoms with Crippen molar-refractivity contribution in [3.8, 4) is 0 Å². The van der Waals surface area contributed by atoms with Gasteiger partial charge in [0.05, 0.1) is 59.5 Å². The van der Waals surface area contributed by atoms with Gasteiger partial charge < -0.3 is 40.1 Å². The highest BCUT2D eigenvalue weighted by molar-refractivity contribution is 7.54. The Morgan fingerprint density at radius 1 is 0.745 bits per heavy atom. The summed E-state index contributed by atoms with van der Waals surface area (Å²) in [5.41, 5.74) is 5.07. The number of carbonyl (C=O) groups is 8. The van der Waals surface area contributed by atoms with Crippen molar-refractivity contribution in [3.63, 3.8) is 0 Å². The van der Waals surface area contributed by atoms with Crippen molar-refractivity contribution in [2.45, 2.75) is 169 Å². The Morgan fingerprint density at radius 3 is 1.97 bits per heavy atom. The third-order valence-electron chi connectivity index (χ3n) is 17.6. The molecule has 6 amide bonds. The van der Waals surface area contributed by atoms with Crippen LogP contribution in [0, 0.1) is 10.8 Å². The van der Waals surface area contributed by atoms with Gasteiger partial charge in [-0.1, -0.05) is 78.9 Å². The summed E-state index contributed by atoms with van der Waals surface area (Å²) >= 11 is 0. The smallest absolute Gasteiger partial charge is 0.410 e. The maximum atomic E-state index is 16.3. The number of nitrogens with one attached hydrogen (secondary N) is 2. The maximum Gasteiger partial charge on any atom is 0.410 e. The van der Waals surface area contributed by atoms with Gasteiger partial charge in [0.1, 0.15) is 18.1 Å². The molecule has 4 heterocycles. The summed E-state index contributed by atoms with van der Waals surface area (Å²) in [5, 5.41) is 5.85. The molecule has 8 rings (SSSR count). The van der Waals surface area contributed by atoms with Gasteiger partial charge in [-0.05, 0) is 152 Å². The van der Waals surface area contributed by atoms with Gasteiger partial charge in [0.25, 0.3) is 5.91 Å². The number of imide groups is 1. The molecule has 0 radical (unpaired) electrons. The molecule has 98 heavy (non-hydrogen) atoms. The fraction of sp³-hybridized carbons (Fsp3) is 0.507. The Bertz CT molecular complexity index is 3860. The summed E-state index contributed by atoms with van der Waals surface area (Å²) in [6.07, 6.45) is 4.78. The van der Waals surface area contributed by atoms with E-state index in [-0.39, 0.29) is 62.6 Å². The molecule has 0 bridgehead atoms. The summed E-state index contributed by atoms with van der Waals surface area (Å²) in [7, 11) is -2.46. The number of likely N-dealkylation sites (tertiary alicyclic amines) is 1. The minimum Gasteiger partial charge on any atom is -0.438 e. The first kappa shape index (κ1) is 75.5. The second-order valence-corrected chi connectivity index (χ2v) is 29.1. The van der Waals surface area contributed by atoms with Crippen LogP contribution in [-0.4, -0.2) is 133 Å². The monoisotopic (exact) mass is 1380 g/mol. The third kappa shape index (κ3) is 18.3. The number of hydrogen-bond donors (Lipinski definition) is 3. The highest BCUT2D eigenvalue weighted by atomic mass is 31.2. The Kier molecular flexibility index (Phi) is 25.1. The van der Waals surface area contributed by atoms with E-state index in [0.717, 1.165) is 63.2 Å². The molecule has 530 valence electrons. The van der Waals surface area contributed by atoms with E-state index in [1.54, 1.807) is 25.5 Å². The Labute approximate surface area is 568 Å². The van der Waals surface area contributed by atoms with Crippen molar-refractivity contribution in [3.05, 3.63) is 140 Å². The molecule has 4 N–H and O–H groups in total. The first-order chi connectivity index (χ1) is 46.3. The number of alkyl halides is 2. The van der Waals surface area contributed by atoms with Gasteiger partial charge in [0.2, 0.25) is 43.1 Å². The number of piperidine rings is 1. The normalized spacial score (nSPS) is 17.5. The Hall–Kier alpha value is -8.26. The molecule has 4 aromatic carbocycles. The summed E-state index contributed by atoms with van der Waals surface area (Å²) in [5.74, 6) is -4.60. The number of anilines is 1. The molecule has 5 aromatic rings. The van der Waals surface area contributed by atoms with Gasteiger partial charge in [-0.15, -0.1) is 0 Å². The van der Waals surface area contributed by atoms with E-state index in [1.165, 1.54) is 76.3 Å². The number of nitrogens with zero attached hydrogens (tertiary/aromatic N) is 4. The number of aromatic nitrogens is 2. The summed E-state index contributed by atoms with van der Waals surface area (Å²) in [6.45, 7) is 12.1. The van der Waals surface area contributed by atoms with Crippen LogP contribution in [0.4, 0.5) is 14.5 Å². The van der Waals surface area contributed by atoms with Crippen molar-refractivity contribution >= 4 is 77.3 Å². The van der Waals surface area contributed by atoms with E-state index < -0.39 is 109 Å². The number of rotatable bonds is 32. The Balaban J connectivity index is 0.802. The Morgan fingerprint density at radius 2 is 1.35 bits per heavy atom. The van der Waals surface area contributed by atoms with E-state index >= 15 is 8.78 Å². The highest BCUT2D eigenvalue weighted by Crippen LogP contribution is 2.67. The zero-order chi connectivity index (χ0) is 71.4. The maximum absolute atomic E-state index is 16.3. The van der Waals surface area contributed by atoms with Gasteiger partial charge in [0, 0.05) is 58.2 Å². The molecule has 3 aliphatic heterocycles. The average Bonchev–Trinajstić information content (AvgIpc) is 1.57. The van der Waals surface area contributed by atoms with Crippen LogP contribution >= 0.6 is 7.60 Å². The largest absolute Gasteiger partial charge is 0.438 e. The molecule has 24 nitrogen and oxygen atoms in total. The molecule has 1 unspecified atom stereocenters. The highest BCUT2D eigenvalue weighted by Gasteiger charge is 2.56. The van der Waals surface area contributed by atoms with Gasteiger partial charge in [-0.3, -0.25) is 70.9 Å². The number of hydrogen-bond acceptors (Lipinski definition) is 17. The van der Waals surface area contributed by atoms with Crippen LogP contribution in [0.5, 0.6) is 0 Å². The summed E-state index contributed by atoms with van der Waals surface area (Å²) < 4.78 is 87.4. The number of para-hydroxylation sites is 2. The van der Waals surface area contributed by atoms with Crippen molar-refractivity contribution in [1.29, 1.82) is 0 Å². The molecule has 27 heteroatoms. The predicted octanol–water partition coefficient (Wildman–Crippen LogP) is 8.78. The molecular weight excluding hydrogens is 1290 g/mol. The van der Waals surface area contributed by atoms with Gasteiger partial charge >= 0.3 is 30.9 Å². The van der Waals surface area contributed by atoms with E-state index in [4.69, 9.17) is 38.5 Å². The standard InChI is InChI=1S/C71H90F2N7O17P/c1-44(48-25-28-52(29-26-48)71(72,73)98(90,96-42-94-66(87)69(3,4)5)97-43-95-67(88)70(6,7)8)39-59(82)75-54-30-27-50-16-11-18-51-40-57(80(61(50)51)64(54)85)63(84)76-53(31-33-58(74)81)45(2)93-41-47-23-21-46(22-24-47)15-13-35-91-37-38-92-36-14-19-49-17-12-20-55-62(49)78(10)68(89)79(55)56-32-34-60(83)77(9)65(56)86/h11-12,16-18,20-26,28-29,39,45,53-54,56-57H,13-15,19,27,30-38,40-43H2,1-10H3,(H2,74,81)(H,75,82)(H,76,84)/b44-39+/t45-,53+,54+,56?,57+/m1/s1. The average molecular weight is 1380 g/mol. The number of aryl methyl sites for hydroxylation is 4. The van der Waals surface area contributed by atoms with E-state index in [9.17, 15) is 47.7 Å². The number of amides is 6. The lowest BCUT2D eigenvalue weighted by Gasteiger charge is -2.31. The molecule has 1 saturated heterocycles. The topological polar surface area (TPSA) is 302 Å². The molecule has 3 aliphatic rings. The summed E-state index contributed by atoms with van der Waals surface area (Å²) in [6, 6.07) is 20.0. The van der Waals surface area contributed by atoms with Crippen LogP contribution in [0.3, 0.4) is 0 Å². The fourth-order valence-electron chi connectivity index (χ4n) is 11.9. The number of allylic oxidation sites excluding steroid dienone is 1. The SMILES string of the molecule is C/C(=C\C(=O)N[C@H]1CCc2cccc3c2N(C1=O)[C@H](C(=O)N[C@@H](CCC(N)=O)[C@@H](C)OCc1ccc(CCCOCCOCCCc2cccc4c2n(C)c(=O)n4C2CCC(=O)N(C)C2=O)cc1)C3)c1ccc(C(F)(F)P(=O)(OCOC(=O)C(C)(C)C)OCOC(=O)C(C)(C)C)cc1. The van der Waals surface area contributed by atoms with Gasteiger partial charge in [-0.25, -0.2) is 4.79 Å². The van der Waals surface area contributed by atoms with Gasteiger partial charge in [0.15, 0.2) is 0 Å². The molecule has 0 saturated carbocycles. The van der Waals surface area contributed by atoms with E-state index in [1.807, 2.05) is 60.7 Å². The van der Waals surface area contributed by atoms with Crippen molar-refractivity contribution in [2.24, 2.45) is 23.6 Å². The number of halogens is 2. The molecular formula is C71H90F2N7O17P. The number of imidazole rings is 1. The number of primary amides is 1. The zero-order valence-corrected chi connectivity index (χ0v) is 58.2. The van der Waals surface area contributed by atoms with E-state index in [0.29, 0.717) is 68.0 Å². The lowest BCUT2D eigenvalue weighted by atomic mass is 9.98. The number of ether oxygens (including phenoxy) is 5. The fourth-order valence-corrected chi connectivity index (χ4v) is 13.1. The lowest BCUT2D eigenvalue weighted by Crippen LogP contribution is -2.56. The molecule has 0 spiro atoms. The first-order valence-corrected chi connectivity index (χ1v) is 34.4. The molecule has 1 aromatic heterocycles. The predicted molar refractivity (Wildman–Crippen MR) is 359 cm³/mol. The number of nitrogens with two attached hydrogens (primary N) is 1. The van der Waals surface area contributed by atoms with Crippen LogP contribution in [-0.2, 0) is 121 Å². The number of esters is 2. The quantitative estimate of drug-likeness (QED) is 0.00904. The van der Waals surface area contributed by atoms with Crippen LogP contribution < -0.4 is 27.0 Å². The van der Waals surface area contributed by atoms with Crippen LogP contribution in [0.25, 0.3) is 16.6 Å². The second-order valence-electron chi connectivity index (χ2n) is 27.0. The lowest BCUT2D eigenvalue weighted by molar-refractivity contribution is -0.163. The third-order valence-corrected chi connectivity index (χ3v) is 19.4. The first-order valence-electron chi connectivity index (χ1n) is 32.9. The van der Waals surface area contributed by atoms with Crippen molar-refractivity contribution in [2.75, 3.05) is 52.0 Å². The summed E-state index contributed by atoms with van der Waals surface area (Å²) in [4.78, 5) is 121. The van der Waals surface area contributed by atoms with Crippen LogP contribution in [0.2, 0.25) is 0 Å². The molecule has 0 aliphatic carbocycles. The van der Waals surface area contributed by atoms with Crippen LogP contribution in [0.1, 0.15) is 145 Å². The van der Waals surface area contributed by atoms with Crippen LogP contribution in [0.15, 0.2) is 95.8 Å². The molecule has 1 fully saturated rings. The van der Waals surface area contributed by atoms with Crippen molar-refractivity contribution in [1.82, 2.24) is 24.7 Å². The number of benzene rings is 4.